The molecule has 3 aromatic carbocycles. The first-order valence-corrected chi connectivity index (χ1v) is 8.63. The van der Waals surface area contributed by atoms with E-state index >= 15 is 0 Å². The summed E-state index contributed by atoms with van der Waals surface area (Å²) in [4.78, 5) is 23.4. The van der Waals surface area contributed by atoms with Crippen molar-refractivity contribution < 1.29 is 9.59 Å². The highest BCUT2D eigenvalue weighted by Gasteiger charge is 2.06. The minimum atomic E-state index is -0.204. The standard InChI is InChI=1S/C23H20N2O2/c1-17(26)24-20-14-11-18(12-15-20)13-16-23(27)25-22-10-6-5-9-21(22)19-7-3-2-4-8-19/h2-16H,1H3,(H,24,26)(H,25,27)/b16-13+. The SMILES string of the molecule is CC(=O)Nc1ccc(/C=C/C(=O)Nc2ccccc2-c2ccccc2)cc1. The van der Waals surface area contributed by atoms with E-state index in [1.54, 1.807) is 18.2 Å². The zero-order chi connectivity index (χ0) is 19.1. The Kier molecular flexibility index (Phi) is 5.80. The molecule has 0 unspecified atom stereocenters. The van der Waals surface area contributed by atoms with Gasteiger partial charge in [-0.15, -0.1) is 0 Å². The van der Waals surface area contributed by atoms with E-state index in [-0.39, 0.29) is 11.8 Å². The van der Waals surface area contributed by atoms with Gasteiger partial charge in [-0.3, -0.25) is 9.59 Å². The van der Waals surface area contributed by atoms with Crippen molar-refractivity contribution in [2.75, 3.05) is 10.6 Å². The normalized spacial score (nSPS) is 10.6. The maximum atomic E-state index is 12.3. The summed E-state index contributed by atoms with van der Waals surface area (Å²) in [6.45, 7) is 1.46. The molecule has 0 fully saturated rings. The Bertz CT molecular complexity index is 961. The highest BCUT2D eigenvalue weighted by atomic mass is 16.2. The van der Waals surface area contributed by atoms with Crippen LogP contribution in [0.1, 0.15) is 12.5 Å². The average Bonchev–Trinajstić information content (AvgIpc) is 2.68. The van der Waals surface area contributed by atoms with Crippen LogP contribution in [-0.2, 0) is 9.59 Å². The molecule has 2 N–H and O–H groups in total. The summed E-state index contributed by atoms with van der Waals surface area (Å²) < 4.78 is 0. The largest absolute Gasteiger partial charge is 0.326 e. The molecule has 4 nitrogen and oxygen atoms in total. The fourth-order valence-corrected chi connectivity index (χ4v) is 2.69. The average molecular weight is 356 g/mol. The fourth-order valence-electron chi connectivity index (χ4n) is 2.69. The molecule has 0 atom stereocenters. The number of rotatable bonds is 5. The monoisotopic (exact) mass is 356 g/mol. The van der Waals surface area contributed by atoms with Gasteiger partial charge < -0.3 is 10.6 Å². The van der Waals surface area contributed by atoms with Gasteiger partial charge in [-0.1, -0.05) is 60.7 Å². The third-order valence-corrected chi connectivity index (χ3v) is 3.93. The zero-order valence-corrected chi connectivity index (χ0v) is 15.0. The summed E-state index contributed by atoms with van der Waals surface area (Å²) in [5.74, 6) is -0.320. The Morgan fingerprint density at radius 1 is 0.778 bits per heavy atom. The summed E-state index contributed by atoms with van der Waals surface area (Å²) in [6, 6.07) is 24.9. The maximum Gasteiger partial charge on any atom is 0.248 e. The van der Waals surface area contributed by atoms with E-state index in [0.717, 1.165) is 28.1 Å². The molecule has 27 heavy (non-hydrogen) atoms. The lowest BCUT2D eigenvalue weighted by molar-refractivity contribution is -0.114. The van der Waals surface area contributed by atoms with Crippen LogP contribution in [0.2, 0.25) is 0 Å². The predicted octanol–water partition coefficient (Wildman–Crippen LogP) is 4.96. The second-order valence-corrected chi connectivity index (χ2v) is 6.04. The van der Waals surface area contributed by atoms with E-state index in [1.165, 1.54) is 13.0 Å². The lowest BCUT2D eigenvalue weighted by atomic mass is 10.0. The molecular weight excluding hydrogens is 336 g/mol. The van der Waals surface area contributed by atoms with Gasteiger partial charge >= 0.3 is 0 Å². The van der Waals surface area contributed by atoms with Gasteiger partial charge in [0.05, 0.1) is 0 Å². The van der Waals surface area contributed by atoms with Crippen LogP contribution < -0.4 is 10.6 Å². The van der Waals surface area contributed by atoms with Crippen molar-refractivity contribution in [1.29, 1.82) is 0 Å². The molecule has 0 bridgehead atoms. The maximum absolute atomic E-state index is 12.3. The molecule has 0 spiro atoms. The minimum absolute atomic E-state index is 0.116. The number of carbonyl (C=O) groups excluding carboxylic acids is 2. The van der Waals surface area contributed by atoms with Gasteiger partial charge in [0.15, 0.2) is 0 Å². The first-order valence-electron chi connectivity index (χ1n) is 8.63. The van der Waals surface area contributed by atoms with E-state index in [9.17, 15) is 9.59 Å². The van der Waals surface area contributed by atoms with Crippen molar-refractivity contribution in [2.24, 2.45) is 0 Å². The molecule has 0 saturated heterocycles. The van der Waals surface area contributed by atoms with Crippen molar-refractivity contribution in [3.8, 4) is 11.1 Å². The van der Waals surface area contributed by atoms with Crippen molar-refractivity contribution in [3.05, 3.63) is 90.5 Å². The molecule has 3 aromatic rings. The Hall–Kier alpha value is -3.66. The topological polar surface area (TPSA) is 58.2 Å². The summed E-state index contributed by atoms with van der Waals surface area (Å²) in [5.41, 5.74) is 4.38. The van der Waals surface area contributed by atoms with Crippen LogP contribution in [-0.4, -0.2) is 11.8 Å². The molecule has 0 aliphatic heterocycles. The Labute approximate surface area is 158 Å². The molecule has 134 valence electrons. The van der Waals surface area contributed by atoms with Crippen molar-refractivity contribution in [3.63, 3.8) is 0 Å². The number of hydrogen-bond acceptors (Lipinski definition) is 2. The Morgan fingerprint density at radius 3 is 2.15 bits per heavy atom. The van der Waals surface area contributed by atoms with Crippen molar-refractivity contribution in [1.82, 2.24) is 0 Å². The van der Waals surface area contributed by atoms with Crippen LogP contribution in [0.25, 0.3) is 17.2 Å². The van der Waals surface area contributed by atoms with Gasteiger partial charge in [-0.25, -0.2) is 0 Å². The lowest BCUT2D eigenvalue weighted by Gasteiger charge is -2.10. The van der Waals surface area contributed by atoms with E-state index in [1.807, 2.05) is 66.7 Å². The molecule has 3 rings (SSSR count). The van der Waals surface area contributed by atoms with Crippen LogP contribution in [0.3, 0.4) is 0 Å². The van der Waals surface area contributed by atoms with Crippen LogP contribution in [0, 0.1) is 0 Å². The Balaban J connectivity index is 1.70. The van der Waals surface area contributed by atoms with Gasteiger partial charge in [0, 0.05) is 29.9 Å². The van der Waals surface area contributed by atoms with Crippen LogP contribution in [0.5, 0.6) is 0 Å². The summed E-state index contributed by atoms with van der Waals surface area (Å²) in [5, 5.41) is 5.64. The lowest BCUT2D eigenvalue weighted by Crippen LogP contribution is -2.08. The molecule has 0 heterocycles. The van der Waals surface area contributed by atoms with Gasteiger partial charge in [-0.05, 0) is 35.4 Å². The minimum Gasteiger partial charge on any atom is -0.326 e. The smallest absolute Gasteiger partial charge is 0.248 e. The van der Waals surface area contributed by atoms with Crippen LogP contribution in [0.15, 0.2) is 84.9 Å². The number of amides is 2. The summed E-state index contributed by atoms with van der Waals surface area (Å²) >= 11 is 0. The Morgan fingerprint density at radius 2 is 1.44 bits per heavy atom. The molecule has 0 aromatic heterocycles. The number of benzene rings is 3. The third-order valence-electron chi connectivity index (χ3n) is 3.93. The molecule has 0 aliphatic rings. The summed E-state index contributed by atoms with van der Waals surface area (Å²) in [6.07, 6.45) is 3.23. The highest BCUT2D eigenvalue weighted by Crippen LogP contribution is 2.27. The van der Waals surface area contributed by atoms with Gasteiger partial charge in [-0.2, -0.15) is 0 Å². The highest BCUT2D eigenvalue weighted by molar-refractivity contribution is 6.04. The first-order chi connectivity index (χ1) is 13.1. The molecule has 0 aliphatic carbocycles. The van der Waals surface area contributed by atoms with Crippen LogP contribution in [0.4, 0.5) is 11.4 Å². The van der Waals surface area contributed by atoms with Gasteiger partial charge in [0.25, 0.3) is 0 Å². The van der Waals surface area contributed by atoms with E-state index in [2.05, 4.69) is 10.6 Å². The summed E-state index contributed by atoms with van der Waals surface area (Å²) in [7, 11) is 0. The second-order valence-electron chi connectivity index (χ2n) is 6.04. The molecule has 0 radical (unpaired) electrons. The quantitative estimate of drug-likeness (QED) is 0.635. The van der Waals surface area contributed by atoms with E-state index in [4.69, 9.17) is 0 Å². The number of anilines is 2. The fraction of sp³-hybridized carbons (Fsp3) is 0.0435. The third kappa shape index (κ3) is 5.16. The van der Waals surface area contributed by atoms with Crippen LogP contribution >= 0.6 is 0 Å². The van der Waals surface area contributed by atoms with Gasteiger partial charge in [0.1, 0.15) is 0 Å². The second kappa shape index (κ2) is 8.63. The molecule has 2 amide bonds. The molecule has 0 saturated carbocycles. The number of hydrogen-bond donors (Lipinski definition) is 2. The van der Waals surface area contributed by atoms with Crippen molar-refractivity contribution >= 4 is 29.3 Å². The van der Waals surface area contributed by atoms with Crippen molar-refractivity contribution in [2.45, 2.75) is 6.92 Å². The number of carbonyl (C=O) groups is 2. The van der Waals surface area contributed by atoms with E-state index in [0.29, 0.717) is 0 Å². The number of nitrogens with one attached hydrogen (secondary N) is 2. The predicted molar refractivity (Wildman–Crippen MR) is 110 cm³/mol. The number of para-hydroxylation sites is 1. The first kappa shape index (κ1) is 18.1. The van der Waals surface area contributed by atoms with E-state index < -0.39 is 0 Å². The molecular formula is C23H20N2O2. The van der Waals surface area contributed by atoms with Gasteiger partial charge in [0.2, 0.25) is 11.8 Å². The zero-order valence-electron chi connectivity index (χ0n) is 15.0. The molecule has 4 heteroatoms.